The Kier molecular flexibility index (Phi) is 7.93. The highest BCUT2D eigenvalue weighted by Crippen LogP contribution is 2.31. The largest absolute Gasteiger partial charge is 0.463 e. The number of thiazole rings is 1. The number of aryl methyl sites for hydroxylation is 1. The SMILES string of the molecule is Cc1ccc2nc(N(/N=C/c3coc4ccccc4c3=O)C(=O)c3ccc(S(=O)(=O)N(C)CC4CCCO4)cc3)sc2c1. The van der Waals surface area contributed by atoms with Crippen LogP contribution in [0, 0.1) is 6.92 Å². The Labute approximate surface area is 251 Å². The summed E-state index contributed by atoms with van der Waals surface area (Å²) in [7, 11) is -2.27. The summed E-state index contributed by atoms with van der Waals surface area (Å²) in [5, 5.41) is 6.18. The molecule has 3 heterocycles. The highest BCUT2D eigenvalue weighted by atomic mass is 32.2. The van der Waals surface area contributed by atoms with E-state index >= 15 is 0 Å². The van der Waals surface area contributed by atoms with Crippen LogP contribution in [0.3, 0.4) is 0 Å². The van der Waals surface area contributed by atoms with Crippen LogP contribution in [0.1, 0.15) is 34.3 Å². The van der Waals surface area contributed by atoms with Crippen molar-refractivity contribution in [2.45, 2.75) is 30.8 Å². The summed E-state index contributed by atoms with van der Waals surface area (Å²) in [6.07, 6.45) is 4.16. The number of likely N-dealkylation sites (N-methyl/N-ethyl adjacent to an activating group) is 1. The Bertz CT molecular complexity index is 2010. The van der Waals surface area contributed by atoms with Crippen LogP contribution < -0.4 is 10.4 Å². The summed E-state index contributed by atoms with van der Waals surface area (Å²) in [6, 6.07) is 18.3. The van der Waals surface area contributed by atoms with Crippen molar-refractivity contribution in [3.63, 3.8) is 0 Å². The van der Waals surface area contributed by atoms with E-state index in [2.05, 4.69) is 10.1 Å². The molecular formula is C31H28N4O6S2. The van der Waals surface area contributed by atoms with E-state index in [1.54, 1.807) is 24.3 Å². The number of nitrogens with zero attached hydrogens (tertiary/aromatic N) is 4. The molecule has 1 unspecified atom stereocenters. The van der Waals surface area contributed by atoms with Gasteiger partial charge in [-0.05, 0) is 73.9 Å². The smallest absolute Gasteiger partial charge is 0.280 e. The fraction of sp³-hybridized carbons (Fsp3) is 0.226. The zero-order valence-electron chi connectivity index (χ0n) is 23.5. The van der Waals surface area contributed by atoms with Gasteiger partial charge in [0.1, 0.15) is 11.8 Å². The standard InChI is InChI=1S/C31H28N4O6S2/c1-20-9-14-26-28(16-20)42-31(33-26)35(32-17-22-19-41-27-8-4-3-7-25(27)29(22)36)30(37)21-10-12-24(13-11-21)43(38,39)34(2)18-23-6-5-15-40-23/h3-4,7-14,16-17,19,23H,5-6,15,18H2,1-2H3/b32-17+. The minimum Gasteiger partial charge on any atom is -0.463 e. The summed E-state index contributed by atoms with van der Waals surface area (Å²) in [6.45, 7) is 2.85. The van der Waals surface area contributed by atoms with Gasteiger partial charge in [0.05, 0.1) is 38.4 Å². The summed E-state index contributed by atoms with van der Waals surface area (Å²) in [5.74, 6) is -0.547. The van der Waals surface area contributed by atoms with Crippen molar-refractivity contribution in [3.05, 3.63) is 99.9 Å². The zero-order valence-corrected chi connectivity index (χ0v) is 25.1. The first-order valence-electron chi connectivity index (χ1n) is 13.6. The number of hydrazone groups is 1. The maximum Gasteiger partial charge on any atom is 0.280 e. The zero-order chi connectivity index (χ0) is 30.1. The summed E-state index contributed by atoms with van der Waals surface area (Å²) in [4.78, 5) is 31.6. The highest BCUT2D eigenvalue weighted by molar-refractivity contribution is 7.89. The summed E-state index contributed by atoms with van der Waals surface area (Å²) in [5.41, 5.74) is 2.23. The number of ether oxygens (including phenoxy) is 1. The molecule has 1 amide bonds. The van der Waals surface area contributed by atoms with Gasteiger partial charge in [-0.3, -0.25) is 9.59 Å². The minimum absolute atomic E-state index is 0.0591. The van der Waals surface area contributed by atoms with Crippen molar-refractivity contribution < 1.29 is 22.4 Å². The van der Waals surface area contributed by atoms with Crippen LogP contribution in [0.15, 0.2) is 92.2 Å². The molecule has 1 fully saturated rings. The number of rotatable bonds is 8. The maximum absolute atomic E-state index is 13.8. The number of carbonyl (C=O) groups is 1. The van der Waals surface area contributed by atoms with Crippen molar-refractivity contribution in [3.8, 4) is 0 Å². The third-order valence-corrected chi connectivity index (χ3v) is 10.1. The van der Waals surface area contributed by atoms with Crippen LogP contribution in [0.4, 0.5) is 5.13 Å². The highest BCUT2D eigenvalue weighted by Gasteiger charge is 2.27. The molecule has 0 radical (unpaired) electrons. The maximum atomic E-state index is 13.8. The number of fused-ring (bicyclic) bond motifs is 2. The Balaban J connectivity index is 1.33. The lowest BCUT2D eigenvalue weighted by atomic mass is 10.2. The predicted octanol–water partition coefficient (Wildman–Crippen LogP) is 5.19. The lowest BCUT2D eigenvalue weighted by Crippen LogP contribution is -2.34. The molecule has 1 aliphatic heterocycles. The van der Waals surface area contributed by atoms with Crippen LogP contribution in [-0.4, -0.2) is 56.1 Å². The second-order valence-corrected chi connectivity index (χ2v) is 13.3. The molecule has 220 valence electrons. The number of carbonyl (C=O) groups excluding carboxylic acids is 1. The lowest BCUT2D eigenvalue weighted by molar-refractivity contribution is 0.0978. The van der Waals surface area contributed by atoms with Crippen LogP contribution >= 0.6 is 11.3 Å². The van der Waals surface area contributed by atoms with Crippen molar-refractivity contribution in [1.29, 1.82) is 0 Å². The normalized spacial score (nSPS) is 15.7. The molecule has 5 aromatic rings. The minimum atomic E-state index is -3.79. The molecular weight excluding hydrogens is 588 g/mol. The number of anilines is 1. The first-order chi connectivity index (χ1) is 20.7. The fourth-order valence-electron chi connectivity index (χ4n) is 4.85. The van der Waals surface area contributed by atoms with E-state index in [-0.39, 0.29) is 34.1 Å². The number of hydrogen-bond donors (Lipinski definition) is 0. The van der Waals surface area contributed by atoms with Crippen LogP contribution in [0.25, 0.3) is 21.2 Å². The van der Waals surface area contributed by atoms with Crippen LogP contribution in [-0.2, 0) is 14.8 Å². The van der Waals surface area contributed by atoms with Gasteiger partial charge in [-0.2, -0.15) is 14.4 Å². The van der Waals surface area contributed by atoms with Crippen molar-refractivity contribution in [2.75, 3.05) is 25.2 Å². The van der Waals surface area contributed by atoms with Crippen LogP contribution in [0.2, 0.25) is 0 Å². The van der Waals surface area contributed by atoms with E-state index < -0.39 is 15.9 Å². The lowest BCUT2D eigenvalue weighted by Gasteiger charge is -2.20. The van der Waals surface area contributed by atoms with Gasteiger partial charge in [0, 0.05) is 25.8 Å². The summed E-state index contributed by atoms with van der Waals surface area (Å²) >= 11 is 1.27. The third-order valence-electron chi connectivity index (χ3n) is 7.22. The number of benzene rings is 3. The topological polar surface area (TPSA) is 122 Å². The molecule has 1 saturated heterocycles. The Morgan fingerprint density at radius 1 is 1.14 bits per heavy atom. The fourth-order valence-corrected chi connectivity index (χ4v) is 7.07. The van der Waals surface area contributed by atoms with E-state index in [0.29, 0.717) is 28.2 Å². The second kappa shape index (κ2) is 11.8. The molecule has 0 bridgehead atoms. The van der Waals surface area contributed by atoms with E-state index in [4.69, 9.17) is 9.15 Å². The van der Waals surface area contributed by atoms with Crippen molar-refractivity contribution in [2.24, 2.45) is 5.10 Å². The van der Waals surface area contributed by atoms with Crippen LogP contribution in [0.5, 0.6) is 0 Å². The number of amides is 1. The van der Waals surface area contributed by atoms with Gasteiger partial charge in [0.25, 0.3) is 5.91 Å². The van der Waals surface area contributed by atoms with Gasteiger partial charge >= 0.3 is 0 Å². The number of hydrogen-bond acceptors (Lipinski definition) is 9. The Morgan fingerprint density at radius 3 is 2.70 bits per heavy atom. The van der Waals surface area contributed by atoms with Gasteiger partial charge in [-0.15, -0.1) is 0 Å². The average molecular weight is 617 g/mol. The molecule has 10 nitrogen and oxygen atoms in total. The number of sulfonamides is 1. The molecule has 43 heavy (non-hydrogen) atoms. The monoisotopic (exact) mass is 616 g/mol. The molecule has 6 rings (SSSR count). The van der Waals surface area contributed by atoms with E-state index in [9.17, 15) is 18.0 Å². The molecule has 3 aromatic carbocycles. The molecule has 0 N–H and O–H groups in total. The Hall–Kier alpha value is -4.23. The third kappa shape index (κ3) is 5.87. The van der Waals surface area contributed by atoms with E-state index in [1.165, 1.54) is 59.4 Å². The predicted molar refractivity (Wildman–Crippen MR) is 166 cm³/mol. The van der Waals surface area contributed by atoms with Crippen molar-refractivity contribution >= 4 is 59.8 Å². The average Bonchev–Trinajstić information content (AvgIpc) is 3.68. The van der Waals surface area contributed by atoms with E-state index in [1.807, 2.05) is 25.1 Å². The number of aromatic nitrogens is 1. The van der Waals surface area contributed by atoms with Gasteiger partial charge in [-0.25, -0.2) is 13.4 Å². The van der Waals surface area contributed by atoms with Gasteiger partial charge in [0.15, 0.2) is 0 Å². The molecule has 1 aliphatic rings. The molecule has 12 heteroatoms. The molecule has 2 aromatic heterocycles. The molecule has 1 atom stereocenters. The number of para-hydroxylation sites is 1. The second-order valence-electron chi connectivity index (χ2n) is 10.3. The molecule has 0 saturated carbocycles. The molecule has 0 spiro atoms. The first kappa shape index (κ1) is 28.9. The van der Waals surface area contributed by atoms with Gasteiger partial charge in [-0.1, -0.05) is 29.5 Å². The first-order valence-corrected chi connectivity index (χ1v) is 15.9. The van der Waals surface area contributed by atoms with E-state index in [0.717, 1.165) is 28.1 Å². The van der Waals surface area contributed by atoms with Crippen molar-refractivity contribution in [1.82, 2.24) is 9.29 Å². The molecule has 0 aliphatic carbocycles. The van der Waals surface area contributed by atoms with Gasteiger partial charge in [0.2, 0.25) is 20.6 Å². The van der Waals surface area contributed by atoms with Gasteiger partial charge < -0.3 is 9.15 Å². The Morgan fingerprint density at radius 2 is 1.93 bits per heavy atom. The summed E-state index contributed by atoms with van der Waals surface area (Å²) < 4.78 is 39.7. The quantitative estimate of drug-likeness (QED) is 0.174.